The third kappa shape index (κ3) is 3.92. The van der Waals surface area contributed by atoms with Crippen molar-refractivity contribution in [3.8, 4) is 11.5 Å². The number of esters is 1. The Hall–Kier alpha value is -3.15. The normalized spacial score (nSPS) is 10.4. The van der Waals surface area contributed by atoms with Crippen LogP contribution in [-0.2, 0) is 4.79 Å². The number of rotatable bonds is 5. The SMILES string of the molecule is COc1ccccc1/C=C/C(=O)Oc1ccc([N+](=O)[O-])cc1. The van der Waals surface area contributed by atoms with Crippen molar-refractivity contribution in [3.05, 3.63) is 70.3 Å². The van der Waals surface area contributed by atoms with Gasteiger partial charge in [0.25, 0.3) is 5.69 Å². The van der Waals surface area contributed by atoms with E-state index < -0.39 is 10.9 Å². The lowest BCUT2D eigenvalue weighted by molar-refractivity contribution is -0.384. The highest BCUT2D eigenvalue weighted by molar-refractivity contribution is 5.89. The Morgan fingerprint density at radius 2 is 1.82 bits per heavy atom. The highest BCUT2D eigenvalue weighted by atomic mass is 16.6. The first-order valence-corrected chi connectivity index (χ1v) is 6.37. The van der Waals surface area contributed by atoms with Crippen molar-refractivity contribution in [2.24, 2.45) is 0 Å². The van der Waals surface area contributed by atoms with E-state index in [-0.39, 0.29) is 11.4 Å². The predicted octanol–water partition coefficient (Wildman–Crippen LogP) is 3.22. The summed E-state index contributed by atoms with van der Waals surface area (Å²) in [4.78, 5) is 21.7. The third-order valence-corrected chi connectivity index (χ3v) is 2.80. The van der Waals surface area contributed by atoms with Crippen molar-refractivity contribution in [1.82, 2.24) is 0 Å². The molecule has 0 saturated heterocycles. The molecular weight excluding hydrogens is 286 g/mol. The monoisotopic (exact) mass is 299 g/mol. The van der Waals surface area contributed by atoms with Crippen LogP contribution in [0.4, 0.5) is 5.69 Å². The topological polar surface area (TPSA) is 78.7 Å². The van der Waals surface area contributed by atoms with E-state index in [1.807, 2.05) is 12.1 Å². The summed E-state index contributed by atoms with van der Waals surface area (Å²) in [5, 5.41) is 10.5. The van der Waals surface area contributed by atoms with Gasteiger partial charge in [0.15, 0.2) is 0 Å². The molecule has 0 amide bonds. The van der Waals surface area contributed by atoms with Crippen LogP contribution in [0.2, 0.25) is 0 Å². The Balaban J connectivity index is 2.03. The second kappa shape index (κ2) is 7.03. The van der Waals surface area contributed by atoms with Crippen molar-refractivity contribution < 1.29 is 19.2 Å². The van der Waals surface area contributed by atoms with Gasteiger partial charge < -0.3 is 9.47 Å². The maximum atomic E-state index is 11.7. The van der Waals surface area contributed by atoms with Gasteiger partial charge in [-0.15, -0.1) is 0 Å². The summed E-state index contributed by atoms with van der Waals surface area (Å²) < 4.78 is 10.2. The molecule has 0 saturated carbocycles. The van der Waals surface area contributed by atoms with Gasteiger partial charge in [0, 0.05) is 23.8 Å². The maximum absolute atomic E-state index is 11.7. The molecule has 0 bridgehead atoms. The number of para-hydroxylation sites is 1. The van der Waals surface area contributed by atoms with Crippen LogP contribution >= 0.6 is 0 Å². The molecule has 0 aromatic heterocycles. The number of methoxy groups -OCH3 is 1. The molecule has 0 aliphatic rings. The number of carbonyl (C=O) groups is 1. The van der Waals surface area contributed by atoms with Crippen molar-refractivity contribution in [2.45, 2.75) is 0 Å². The second-order valence-electron chi connectivity index (χ2n) is 4.25. The molecule has 22 heavy (non-hydrogen) atoms. The van der Waals surface area contributed by atoms with Gasteiger partial charge in [-0.05, 0) is 24.3 Å². The van der Waals surface area contributed by atoms with E-state index in [2.05, 4.69) is 0 Å². The van der Waals surface area contributed by atoms with E-state index in [9.17, 15) is 14.9 Å². The number of carbonyl (C=O) groups excluding carboxylic acids is 1. The molecule has 0 N–H and O–H groups in total. The number of nitrogens with zero attached hydrogens (tertiary/aromatic N) is 1. The average molecular weight is 299 g/mol. The fourth-order valence-electron chi connectivity index (χ4n) is 1.75. The standard InChI is InChI=1S/C16H13NO5/c1-21-15-5-3-2-4-12(15)6-11-16(18)22-14-9-7-13(8-10-14)17(19)20/h2-11H,1H3/b11-6+. The molecule has 0 atom stereocenters. The summed E-state index contributed by atoms with van der Waals surface area (Å²) in [5.74, 6) is 0.293. The lowest BCUT2D eigenvalue weighted by Gasteiger charge is -2.03. The summed E-state index contributed by atoms with van der Waals surface area (Å²) in [7, 11) is 1.54. The van der Waals surface area contributed by atoms with Crippen LogP contribution in [0.15, 0.2) is 54.6 Å². The van der Waals surface area contributed by atoms with Gasteiger partial charge in [-0.3, -0.25) is 10.1 Å². The first kappa shape index (κ1) is 15.2. The molecule has 0 aliphatic heterocycles. The minimum absolute atomic E-state index is 0.0654. The molecule has 2 aromatic rings. The van der Waals surface area contributed by atoms with Gasteiger partial charge in [-0.25, -0.2) is 4.79 Å². The predicted molar refractivity (Wildman–Crippen MR) is 80.8 cm³/mol. The summed E-state index contributed by atoms with van der Waals surface area (Å²) >= 11 is 0. The zero-order valence-corrected chi connectivity index (χ0v) is 11.8. The number of benzene rings is 2. The van der Waals surface area contributed by atoms with Crippen LogP contribution in [0, 0.1) is 10.1 Å². The van der Waals surface area contributed by atoms with E-state index in [4.69, 9.17) is 9.47 Å². The molecule has 2 aromatic carbocycles. The first-order valence-electron chi connectivity index (χ1n) is 6.37. The largest absolute Gasteiger partial charge is 0.496 e. The Labute approximate surface area is 126 Å². The summed E-state index contributed by atoms with van der Waals surface area (Å²) in [6.45, 7) is 0. The van der Waals surface area contributed by atoms with Crippen LogP contribution in [0.5, 0.6) is 11.5 Å². The molecule has 0 aliphatic carbocycles. The van der Waals surface area contributed by atoms with Crippen molar-refractivity contribution in [2.75, 3.05) is 7.11 Å². The molecule has 6 heteroatoms. The number of hydrogen-bond acceptors (Lipinski definition) is 5. The lowest BCUT2D eigenvalue weighted by Crippen LogP contribution is -2.03. The van der Waals surface area contributed by atoms with E-state index in [1.54, 1.807) is 25.3 Å². The van der Waals surface area contributed by atoms with E-state index in [0.29, 0.717) is 5.75 Å². The molecule has 0 radical (unpaired) electrons. The number of nitro groups is 1. The molecule has 112 valence electrons. The first-order chi connectivity index (χ1) is 10.6. The van der Waals surface area contributed by atoms with Crippen LogP contribution in [0.1, 0.15) is 5.56 Å². The molecular formula is C16H13NO5. The molecule has 0 unspecified atom stereocenters. The average Bonchev–Trinajstić information content (AvgIpc) is 2.53. The van der Waals surface area contributed by atoms with E-state index in [0.717, 1.165) is 5.56 Å². The number of non-ortho nitro benzene ring substituents is 1. The number of ether oxygens (including phenoxy) is 2. The zero-order valence-electron chi connectivity index (χ0n) is 11.8. The Morgan fingerprint density at radius 3 is 2.45 bits per heavy atom. The Kier molecular flexibility index (Phi) is 4.87. The molecule has 2 rings (SSSR count). The number of hydrogen-bond donors (Lipinski definition) is 0. The van der Waals surface area contributed by atoms with Gasteiger partial charge in [0.05, 0.1) is 12.0 Å². The van der Waals surface area contributed by atoms with Crippen LogP contribution < -0.4 is 9.47 Å². The van der Waals surface area contributed by atoms with Crippen LogP contribution in [-0.4, -0.2) is 18.0 Å². The summed E-state index contributed by atoms with van der Waals surface area (Å²) in [6, 6.07) is 12.5. The van der Waals surface area contributed by atoms with Gasteiger partial charge in [0.1, 0.15) is 11.5 Å². The molecule has 0 spiro atoms. The van der Waals surface area contributed by atoms with E-state index >= 15 is 0 Å². The molecule has 0 fully saturated rings. The highest BCUT2D eigenvalue weighted by Gasteiger charge is 2.06. The van der Waals surface area contributed by atoms with E-state index in [1.165, 1.54) is 30.3 Å². The maximum Gasteiger partial charge on any atom is 0.336 e. The van der Waals surface area contributed by atoms with Crippen LogP contribution in [0.25, 0.3) is 6.08 Å². The van der Waals surface area contributed by atoms with Gasteiger partial charge >= 0.3 is 5.97 Å². The Bertz CT molecular complexity index is 707. The van der Waals surface area contributed by atoms with Gasteiger partial charge in [0.2, 0.25) is 0 Å². The van der Waals surface area contributed by atoms with Crippen molar-refractivity contribution >= 4 is 17.7 Å². The van der Waals surface area contributed by atoms with Crippen LogP contribution in [0.3, 0.4) is 0 Å². The summed E-state index contributed by atoms with van der Waals surface area (Å²) in [6.07, 6.45) is 2.84. The van der Waals surface area contributed by atoms with Gasteiger partial charge in [-0.2, -0.15) is 0 Å². The summed E-state index contributed by atoms with van der Waals surface area (Å²) in [5.41, 5.74) is 0.676. The number of nitro benzene ring substituents is 1. The fourth-order valence-corrected chi connectivity index (χ4v) is 1.75. The molecule has 0 heterocycles. The van der Waals surface area contributed by atoms with Crippen molar-refractivity contribution in [1.29, 1.82) is 0 Å². The second-order valence-corrected chi connectivity index (χ2v) is 4.25. The minimum atomic E-state index is -0.584. The zero-order chi connectivity index (χ0) is 15.9. The molecule has 6 nitrogen and oxygen atoms in total. The third-order valence-electron chi connectivity index (χ3n) is 2.80. The van der Waals surface area contributed by atoms with Gasteiger partial charge in [-0.1, -0.05) is 18.2 Å². The quantitative estimate of drug-likeness (QED) is 0.278. The smallest absolute Gasteiger partial charge is 0.336 e. The lowest BCUT2D eigenvalue weighted by atomic mass is 10.2. The Morgan fingerprint density at radius 1 is 1.14 bits per heavy atom. The fraction of sp³-hybridized carbons (Fsp3) is 0.0625. The van der Waals surface area contributed by atoms with Crippen molar-refractivity contribution in [3.63, 3.8) is 0 Å². The minimum Gasteiger partial charge on any atom is -0.496 e. The highest BCUT2D eigenvalue weighted by Crippen LogP contribution is 2.20.